The van der Waals surface area contributed by atoms with Crippen LogP contribution in [0.1, 0.15) is 61.8 Å². The molecule has 4 aromatic rings. The summed E-state index contributed by atoms with van der Waals surface area (Å²) < 4.78 is 17.9. The van der Waals surface area contributed by atoms with Gasteiger partial charge < -0.3 is 44.9 Å². The average molecular weight is 715 g/mol. The molecule has 1 aliphatic heterocycles. The summed E-state index contributed by atoms with van der Waals surface area (Å²) in [5, 5.41) is 24.7. The molecule has 13 heteroatoms. The molecule has 0 bridgehead atoms. The van der Waals surface area contributed by atoms with Crippen LogP contribution in [0.3, 0.4) is 0 Å². The molecule has 0 saturated carbocycles. The minimum Gasteiger partial charge on any atom is -0.490 e. The summed E-state index contributed by atoms with van der Waals surface area (Å²) in [5.41, 5.74) is 2.34. The van der Waals surface area contributed by atoms with Crippen molar-refractivity contribution < 1.29 is 33.5 Å². The van der Waals surface area contributed by atoms with E-state index in [1.54, 1.807) is 55.8 Å². The zero-order valence-electron chi connectivity index (χ0n) is 30.8. The summed E-state index contributed by atoms with van der Waals surface area (Å²) >= 11 is 0. The van der Waals surface area contributed by atoms with Gasteiger partial charge in [-0.2, -0.15) is 0 Å². The number of aryl methyl sites for hydroxylation is 2. The van der Waals surface area contributed by atoms with E-state index in [1.807, 2.05) is 56.3 Å². The van der Waals surface area contributed by atoms with E-state index >= 15 is 0 Å². The quantitative estimate of drug-likeness (QED) is 0.159. The van der Waals surface area contributed by atoms with Crippen LogP contribution in [0.15, 0.2) is 65.2 Å². The lowest BCUT2D eigenvalue weighted by atomic mass is 10.0. The number of carbonyl (C=O) groups excluding carboxylic acids is 3. The molecule has 52 heavy (non-hydrogen) atoms. The van der Waals surface area contributed by atoms with Crippen LogP contribution in [0, 0.1) is 19.8 Å². The molecule has 13 nitrogen and oxygen atoms in total. The molecule has 2 heterocycles. The summed E-state index contributed by atoms with van der Waals surface area (Å²) in [7, 11) is 1.73. The van der Waals surface area contributed by atoms with Crippen LogP contribution < -0.4 is 20.7 Å². The molecule has 0 aliphatic carbocycles. The topological polar surface area (TPSA) is 158 Å². The summed E-state index contributed by atoms with van der Waals surface area (Å²) in [4.78, 5) is 44.1. The molecule has 1 aliphatic rings. The first kappa shape index (κ1) is 38.1. The molecule has 0 spiro atoms. The number of hydrogen-bond acceptors (Lipinski definition) is 8. The van der Waals surface area contributed by atoms with Gasteiger partial charge in [0.15, 0.2) is 5.76 Å². The number of rotatable bonds is 7. The Bertz CT molecular complexity index is 1840. The lowest BCUT2D eigenvalue weighted by molar-refractivity contribution is -0.0115. The summed E-state index contributed by atoms with van der Waals surface area (Å²) in [6.45, 7) is 9.83. The highest BCUT2D eigenvalue weighted by atomic mass is 16.5. The third kappa shape index (κ3) is 9.39. The highest BCUT2D eigenvalue weighted by Crippen LogP contribution is 2.29. The third-order valence-corrected chi connectivity index (χ3v) is 9.41. The van der Waals surface area contributed by atoms with Crippen LogP contribution in [-0.2, 0) is 4.74 Å². The second-order valence-corrected chi connectivity index (χ2v) is 13.6. The number of fused-ring (bicyclic) bond motifs is 2. The summed E-state index contributed by atoms with van der Waals surface area (Å²) in [5.74, 6) is 0.241. The fourth-order valence-corrected chi connectivity index (χ4v) is 6.30. The van der Waals surface area contributed by atoms with Crippen molar-refractivity contribution in [3.05, 3.63) is 77.7 Å². The third-order valence-electron chi connectivity index (χ3n) is 9.41. The van der Waals surface area contributed by atoms with Gasteiger partial charge in [0.05, 0.1) is 36.1 Å². The normalized spacial score (nSPS) is 19.2. The van der Waals surface area contributed by atoms with E-state index in [1.165, 1.54) is 0 Å². The molecule has 1 aromatic heterocycles. The van der Waals surface area contributed by atoms with Gasteiger partial charge in [-0.15, -0.1) is 0 Å². The molecule has 5 rings (SSSR count). The van der Waals surface area contributed by atoms with E-state index in [9.17, 15) is 19.5 Å². The Labute approximate surface area is 304 Å². The number of nitrogens with one attached hydrogen (secondary N) is 3. The second kappa shape index (κ2) is 17.4. The molecular weight excluding hydrogens is 664 g/mol. The van der Waals surface area contributed by atoms with Crippen molar-refractivity contribution in [2.75, 3.05) is 49.3 Å². The zero-order valence-corrected chi connectivity index (χ0v) is 30.8. The van der Waals surface area contributed by atoms with E-state index in [-0.39, 0.29) is 49.2 Å². The number of benzene rings is 3. The molecule has 0 fully saturated rings. The van der Waals surface area contributed by atoms with Crippen molar-refractivity contribution in [3.63, 3.8) is 0 Å². The number of ether oxygens (including phenoxy) is 2. The Hall–Kier alpha value is -5.14. The van der Waals surface area contributed by atoms with Gasteiger partial charge in [0.2, 0.25) is 0 Å². The van der Waals surface area contributed by atoms with Crippen LogP contribution in [0.5, 0.6) is 5.75 Å². The molecule has 278 valence electrons. The molecule has 5 amide bonds. The number of likely N-dealkylation sites (N-methyl/N-ethyl adjacent to an activating group) is 1. The van der Waals surface area contributed by atoms with E-state index < -0.39 is 18.2 Å². The summed E-state index contributed by atoms with van der Waals surface area (Å²) in [6, 6.07) is 17.3. The van der Waals surface area contributed by atoms with E-state index in [4.69, 9.17) is 14.0 Å². The number of nitrogens with zero attached hydrogens (tertiary/aromatic N) is 3. The smallest absolute Gasteiger partial charge is 0.323 e. The maximum absolute atomic E-state index is 14.5. The number of carbonyl (C=O) groups is 3. The number of hydrogen-bond donors (Lipinski definition) is 4. The Morgan fingerprint density at radius 3 is 2.56 bits per heavy atom. The first-order valence-corrected chi connectivity index (χ1v) is 17.8. The number of aliphatic hydroxyl groups excluding tert-OH is 1. The Kier molecular flexibility index (Phi) is 12.7. The van der Waals surface area contributed by atoms with Gasteiger partial charge in [0.25, 0.3) is 5.91 Å². The van der Waals surface area contributed by atoms with Crippen molar-refractivity contribution in [1.82, 2.24) is 15.0 Å². The number of anilines is 3. The predicted octanol–water partition coefficient (Wildman–Crippen LogP) is 7.05. The van der Waals surface area contributed by atoms with Gasteiger partial charge in [0, 0.05) is 43.7 Å². The number of urea groups is 2. The maximum Gasteiger partial charge on any atom is 0.323 e. The molecule has 0 saturated heterocycles. The number of aromatic nitrogens is 1. The van der Waals surface area contributed by atoms with Gasteiger partial charge in [-0.25, -0.2) is 9.59 Å². The van der Waals surface area contributed by atoms with Crippen molar-refractivity contribution in [2.45, 2.75) is 72.1 Å². The first-order chi connectivity index (χ1) is 24.9. The molecule has 4 atom stereocenters. The van der Waals surface area contributed by atoms with Crippen molar-refractivity contribution >= 4 is 45.8 Å². The van der Waals surface area contributed by atoms with Gasteiger partial charge in [-0.05, 0) is 76.6 Å². The minimum absolute atomic E-state index is 0.210. The average Bonchev–Trinajstić information content (AvgIpc) is 3.44. The van der Waals surface area contributed by atoms with Crippen molar-refractivity contribution in [1.29, 1.82) is 0 Å². The zero-order chi connectivity index (χ0) is 37.4. The first-order valence-electron chi connectivity index (χ1n) is 17.8. The van der Waals surface area contributed by atoms with Crippen LogP contribution in [0.4, 0.5) is 26.7 Å². The van der Waals surface area contributed by atoms with Gasteiger partial charge in [-0.3, -0.25) is 4.79 Å². The van der Waals surface area contributed by atoms with E-state index in [2.05, 4.69) is 21.1 Å². The lowest BCUT2D eigenvalue weighted by Gasteiger charge is -2.35. The minimum atomic E-state index is -0.555. The van der Waals surface area contributed by atoms with Gasteiger partial charge in [0.1, 0.15) is 17.1 Å². The Morgan fingerprint density at radius 1 is 1.04 bits per heavy atom. The Balaban J connectivity index is 1.37. The molecule has 0 unspecified atom stereocenters. The lowest BCUT2D eigenvalue weighted by Crippen LogP contribution is -2.48. The monoisotopic (exact) mass is 714 g/mol. The largest absolute Gasteiger partial charge is 0.490 e. The fourth-order valence-electron chi connectivity index (χ4n) is 6.30. The van der Waals surface area contributed by atoms with E-state index in [0.29, 0.717) is 40.9 Å². The number of aliphatic hydroxyl groups is 1. The van der Waals surface area contributed by atoms with E-state index in [0.717, 1.165) is 30.0 Å². The summed E-state index contributed by atoms with van der Waals surface area (Å²) in [6.07, 6.45) is 1.72. The molecule has 3 aromatic carbocycles. The fraction of sp³-hybridized carbons (Fsp3) is 0.436. The predicted molar refractivity (Wildman–Crippen MR) is 201 cm³/mol. The van der Waals surface area contributed by atoms with Gasteiger partial charge >= 0.3 is 12.1 Å². The van der Waals surface area contributed by atoms with Gasteiger partial charge in [-0.1, -0.05) is 48.5 Å². The maximum atomic E-state index is 14.5. The molecule has 0 radical (unpaired) electrons. The second-order valence-electron chi connectivity index (χ2n) is 13.6. The number of amides is 5. The van der Waals surface area contributed by atoms with Crippen molar-refractivity contribution in [3.8, 4) is 5.75 Å². The van der Waals surface area contributed by atoms with Crippen LogP contribution in [0.25, 0.3) is 10.8 Å². The highest BCUT2D eigenvalue weighted by Gasteiger charge is 2.31. The Morgan fingerprint density at radius 2 is 1.81 bits per heavy atom. The van der Waals surface area contributed by atoms with Crippen LogP contribution in [0.2, 0.25) is 0 Å². The molecular formula is C39H50N6O7. The molecule has 4 N–H and O–H groups in total. The highest BCUT2D eigenvalue weighted by molar-refractivity contribution is 6.03. The van der Waals surface area contributed by atoms with Crippen LogP contribution >= 0.6 is 0 Å². The SMILES string of the molecule is Cc1noc(C)c1NC(=O)Nc1ccc2c(c1)C(=O)N([C@@H](C)CO)C[C@@H](C)[C@H](CN(C)C(=O)Nc1cccc3ccccc13)OCCCC[C@H](C)O2. The standard InChI is InChI=1S/C39H50N6O7/c1-24-21-45(25(2)23-46)37(47)32-20-30(40-38(48)42-36-27(4)43-52-28(36)5)17-18-34(32)51-26(3)12-9-10-19-50-35(24)22-44(6)39(49)41-33-16-11-14-29-13-7-8-15-31(29)33/h7-8,11,13-18,20,24-26,35,46H,9-10,12,19,21-23H2,1-6H3,(H,41,49)(H2,40,42,48)/t24-,25+,26+,35+/m1/s1. The van der Waals surface area contributed by atoms with Crippen LogP contribution in [-0.4, -0.2) is 89.6 Å². The van der Waals surface area contributed by atoms with Crippen molar-refractivity contribution in [2.24, 2.45) is 5.92 Å².